The van der Waals surface area contributed by atoms with Gasteiger partial charge in [0, 0.05) is 6.42 Å². The van der Waals surface area contributed by atoms with E-state index in [0.717, 1.165) is 64.2 Å². The van der Waals surface area contributed by atoms with E-state index in [2.05, 4.69) is 11.1 Å². The lowest BCUT2D eigenvalue weighted by atomic mass is 10.1. The Kier molecular flexibility index (Phi) is 18.8. The van der Waals surface area contributed by atoms with Gasteiger partial charge in [0.1, 0.15) is 6.10 Å². The van der Waals surface area contributed by atoms with Crippen molar-refractivity contribution >= 4 is 29.3 Å². The molecule has 0 aromatic rings. The van der Waals surface area contributed by atoms with E-state index in [4.69, 9.17) is 19.5 Å². The summed E-state index contributed by atoms with van der Waals surface area (Å²) in [5.41, 5.74) is 0. The van der Waals surface area contributed by atoms with Crippen molar-refractivity contribution in [3.8, 4) is 0 Å². The Morgan fingerprint density at radius 3 is 2.19 bits per heavy atom. The van der Waals surface area contributed by atoms with E-state index in [1.165, 1.54) is 0 Å². The summed E-state index contributed by atoms with van der Waals surface area (Å²) in [7, 11) is 0. The van der Waals surface area contributed by atoms with Crippen molar-refractivity contribution in [2.75, 3.05) is 0 Å². The third-order valence-corrected chi connectivity index (χ3v) is 5.21. The van der Waals surface area contributed by atoms with Crippen LogP contribution in [0.4, 0.5) is 0 Å². The fraction of sp³-hybridized carbons (Fsp3) is 0.773. The number of hydrogen-bond donors (Lipinski definition) is 3. The van der Waals surface area contributed by atoms with E-state index in [0.29, 0.717) is 12.8 Å². The lowest BCUT2D eigenvalue weighted by molar-refractivity contribution is -0.156. The molecule has 32 heavy (non-hydrogen) atoms. The maximum Gasteiger partial charge on any atom is 0.334 e. The van der Waals surface area contributed by atoms with Crippen LogP contribution in [-0.4, -0.2) is 49.1 Å². The number of aliphatic carboxylic acids is 2. The van der Waals surface area contributed by atoms with Crippen molar-refractivity contribution in [3.05, 3.63) is 12.2 Å². The molecule has 0 bridgehead atoms. The number of carboxylic acid groups (broad SMARTS) is 2. The van der Waals surface area contributed by atoms with Crippen LogP contribution in [0.1, 0.15) is 96.8 Å². The zero-order chi connectivity index (χ0) is 24.2. The second-order valence-electron chi connectivity index (χ2n) is 7.70. The Bertz CT molecular complexity index is 592. The molecule has 186 valence electrons. The third-order valence-electron chi connectivity index (χ3n) is 4.81. The molecule has 0 fully saturated rings. The van der Waals surface area contributed by atoms with Gasteiger partial charge < -0.3 is 14.9 Å². The highest BCUT2D eigenvalue weighted by Gasteiger charge is 2.26. The first-order valence-corrected chi connectivity index (χ1v) is 12.4. The average Bonchev–Trinajstić information content (AvgIpc) is 2.70. The number of allylic oxidation sites excluding steroid dienone is 1. The highest BCUT2D eigenvalue weighted by atomic mass is 32.2. The van der Waals surface area contributed by atoms with Crippen LogP contribution >= 0.6 is 0 Å². The van der Waals surface area contributed by atoms with E-state index < -0.39 is 47.9 Å². The van der Waals surface area contributed by atoms with Gasteiger partial charge in [0.05, 0.1) is 6.42 Å². The fourth-order valence-corrected chi connectivity index (χ4v) is 3.44. The summed E-state index contributed by atoms with van der Waals surface area (Å²) in [5.74, 6) is -3.09. The van der Waals surface area contributed by atoms with E-state index in [-0.39, 0.29) is 6.42 Å². The SMILES string of the molecule is CCCCCCC[C@H](/C=C\CCCCCCCC(=O)O)OC(=O)CC(OS(=O)O)C(=O)O. The maximum absolute atomic E-state index is 12.1. The van der Waals surface area contributed by atoms with E-state index in [1.807, 2.05) is 12.2 Å². The molecular formula is C22H38O9S. The predicted molar refractivity (Wildman–Crippen MR) is 120 cm³/mol. The largest absolute Gasteiger partial charge is 0.481 e. The Hall–Kier alpha value is -1.78. The first-order chi connectivity index (χ1) is 15.3. The lowest BCUT2D eigenvalue weighted by Gasteiger charge is -2.16. The zero-order valence-electron chi connectivity index (χ0n) is 18.9. The van der Waals surface area contributed by atoms with Crippen molar-refractivity contribution in [1.82, 2.24) is 0 Å². The first kappa shape index (κ1) is 30.2. The standard InChI is InChI=1S/C22H38O9S/c1-2-3-4-8-11-14-18(15-12-9-6-5-7-10-13-16-20(23)24)30-21(25)17-19(22(26)27)31-32(28)29/h12,15,18-19H,2-11,13-14,16-17H2,1H3,(H,23,24)(H,26,27)(H,28,29)/b15-12-/t18-,19?/m1/s1. The molecule has 10 heteroatoms. The van der Waals surface area contributed by atoms with Crippen molar-refractivity contribution in [1.29, 1.82) is 0 Å². The summed E-state index contributed by atoms with van der Waals surface area (Å²) in [6, 6.07) is 0. The monoisotopic (exact) mass is 478 g/mol. The molecule has 3 N–H and O–H groups in total. The molecule has 3 atom stereocenters. The van der Waals surface area contributed by atoms with Gasteiger partial charge in [0.2, 0.25) is 0 Å². The molecule has 0 spiro atoms. The number of ether oxygens (including phenoxy) is 1. The van der Waals surface area contributed by atoms with Gasteiger partial charge in [-0.2, -0.15) is 4.21 Å². The van der Waals surface area contributed by atoms with Gasteiger partial charge >= 0.3 is 29.3 Å². The summed E-state index contributed by atoms with van der Waals surface area (Å²) in [6.45, 7) is 2.12. The Balaban J connectivity index is 4.50. The molecule has 0 aromatic heterocycles. The summed E-state index contributed by atoms with van der Waals surface area (Å²) in [5, 5.41) is 17.6. The maximum atomic E-state index is 12.1. The van der Waals surface area contributed by atoms with Crippen LogP contribution in [0.5, 0.6) is 0 Å². The number of carbonyl (C=O) groups excluding carboxylic acids is 1. The van der Waals surface area contributed by atoms with Gasteiger partial charge in [0.25, 0.3) is 0 Å². The van der Waals surface area contributed by atoms with E-state index >= 15 is 0 Å². The van der Waals surface area contributed by atoms with Gasteiger partial charge in [-0.15, -0.1) is 0 Å². The summed E-state index contributed by atoms with van der Waals surface area (Å²) >= 11 is -2.80. The summed E-state index contributed by atoms with van der Waals surface area (Å²) in [4.78, 5) is 33.7. The molecule has 0 radical (unpaired) electrons. The summed E-state index contributed by atoms with van der Waals surface area (Å²) in [6.07, 6.45) is 12.2. The van der Waals surface area contributed by atoms with Crippen molar-refractivity contribution in [3.63, 3.8) is 0 Å². The highest BCUT2D eigenvalue weighted by Crippen LogP contribution is 2.14. The number of carboxylic acids is 2. The lowest BCUT2D eigenvalue weighted by Crippen LogP contribution is -2.29. The van der Waals surface area contributed by atoms with Crippen LogP contribution in [-0.2, 0) is 34.7 Å². The molecule has 0 saturated carbocycles. The number of hydrogen-bond acceptors (Lipinski definition) is 6. The second kappa shape index (κ2) is 19.9. The van der Waals surface area contributed by atoms with E-state index in [1.54, 1.807) is 0 Å². The van der Waals surface area contributed by atoms with Crippen LogP contribution in [0.2, 0.25) is 0 Å². The van der Waals surface area contributed by atoms with Gasteiger partial charge in [-0.1, -0.05) is 57.9 Å². The minimum Gasteiger partial charge on any atom is -0.481 e. The van der Waals surface area contributed by atoms with Gasteiger partial charge in [-0.25, -0.2) is 4.79 Å². The molecule has 0 rings (SSSR count). The first-order valence-electron chi connectivity index (χ1n) is 11.3. The number of carbonyl (C=O) groups is 3. The Morgan fingerprint density at radius 2 is 1.56 bits per heavy atom. The molecule has 0 heterocycles. The van der Waals surface area contributed by atoms with Gasteiger partial charge in [-0.05, 0) is 38.2 Å². The molecule has 0 aliphatic heterocycles. The third kappa shape index (κ3) is 18.9. The number of esters is 1. The normalized spacial score (nSPS) is 14.2. The molecule has 0 aromatic carbocycles. The molecule has 0 aliphatic carbocycles. The van der Waals surface area contributed by atoms with Crippen LogP contribution in [0.25, 0.3) is 0 Å². The van der Waals surface area contributed by atoms with E-state index in [9.17, 15) is 18.6 Å². The highest BCUT2D eigenvalue weighted by molar-refractivity contribution is 7.74. The Morgan fingerprint density at radius 1 is 0.938 bits per heavy atom. The molecule has 0 saturated heterocycles. The number of rotatable bonds is 21. The van der Waals surface area contributed by atoms with Crippen molar-refractivity contribution in [2.24, 2.45) is 0 Å². The average molecular weight is 479 g/mol. The molecule has 0 aliphatic rings. The van der Waals surface area contributed by atoms with Crippen molar-refractivity contribution in [2.45, 2.75) is 109 Å². The topological polar surface area (TPSA) is 147 Å². The van der Waals surface area contributed by atoms with Crippen LogP contribution in [0.15, 0.2) is 12.2 Å². The minimum absolute atomic E-state index is 0.202. The minimum atomic E-state index is -2.80. The van der Waals surface area contributed by atoms with Gasteiger partial charge in [-0.3, -0.25) is 18.3 Å². The molecule has 9 nitrogen and oxygen atoms in total. The van der Waals surface area contributed by atoms with Crippen molar-refractivity contribution < 1.29 is 42.3 Å². The second-order valence-corrected chi connectivity index (χ2v) is 8.33. The molecular weight excluding hydrogens is 440 g/mol. The van der Waals surface area contributed by atoms with Crippen LogP contribution < -0.4 is 0 Å². The smallest absolute Gasteiger partial charge is 0.334 e. The predicted octanol–water partition coefficient (Wildman–Crippen LogP) is 4.63. The zero-order valence-corrected chi connectivity index (χ0v) is 19.7. The quantitative estimate of drug-likeness (QED) is 0.0929. The van der Waals surface area contributed by atoms with Crippen LogP contribution in [0, 0.1) is 0 Å². The summed E-state index contributed by atoms with van der Waals surface area (Å²) < 4.78 is 29.1. The number of unbranched alkanes of at least 4 members (excludes halogenated alkanes) is 9. The Labute approximate surface area is 193 Å². The molecule has 2 unspecified atom stereocenters. The molecule has 0 amide bonds. The fourth-order valence-electron chi connectivity index (χ4n) is 3.09. The van der Waals surface area contributed by atoms with Crippen LogP contribution in [0.3, 0.4) is 0 Å². The van der Waals surface area contributed by atoms with Gasteiger partial charge in [0.15, 0.2) is 6.10 Å².